The van der Waals surface area contributed by atoms with Crippen molar-refractivity contribution in [3.63, 3.8) is 0 Å². The van der Waals surface area contributed by atoms with Crippen LogP contribution in [0.1, 0.15) is 20.8 Å². The van der Waals surface area contributed by atoms with Crippen LogP contribution in [0.25, 0.3) is 0 Å². The molecule has 72 valence electrons. The number of benzene rings is 1. The summed E-state index contributed by atoms with van der Waals surface area (Å²) in [5.74, 6) is 0.160. The molecule has 0 aromatic heterocycles. The van der Waals surface area contributed by atoms with E-state index < -0.39 is 0 Å². The van der Waals surface area contributed by atoms with E-state index in [1.54, 1.807) is 0 Å². The number of carbonyl (C=O) groups is 1. The minimum Gasteiger partial charge on any atom is -1.00 e. The second-order valence-corrected chi connectivity index (χ2v) is 3.36. The fourth-order valence-corrected chi connectivity index (χ4v) is 0.989. The summed E-state index contributed by atoms with van der Waals surface area (Å²) in [4.78, 5) is 11.2. The van der Waals surface area contributed by atoms with Gasteiger partial charge in [-0.05, 0) is 5.56 Å². The molecule has 14 heavy (non-hydrogen) atoms. The minimum absolute atomic E-state index is 0. The molecule has 1 amide bonds. The molecule has 0 unspecified atom stereocenters. The van der Waals surface area contributed by atoms with Crippen molar-refractivity contribution in [2.75, 3.05) is 0 Å². The first-order valence-corrected chi connectivity index (χ1v) is 4.52. The van der Waals surface area contributed by atoms with E-state index in [-0.39, 0.29) is 32.1 Å². The van der Waals surface area contributed by atoms with E-state index in [0.29, 0.717) is 6.54 Å². The Balaban J connectivity index is 0. The van der Waals surface area contributed by atoms with Gasteiger partial charge in [-0.2, -0.15) is 0 Å². The molecule has 1 N–H and O–H groups in total. The fourth-order valence-electron chi connectivity index (χ4n) is 0.989. The maximum absolute atomic E-state index is 11.2. The van der Waals surface area contributed by atoms with Gasteiger partial charge in [-0.15, -0.1) is 0 Å². The predicted octanol–water partition coefficient (Wildman–Crippen LogP) is -0.925. The summed E-state index contributed by atoms with van der Waals surface area (Å²) in [5.41, 5.74) is 1.14. The van der Waals surface area contributed by atoms with Gasteiger partial charge in [0.1, 0.15) is 0 Å². The monoisotopic (exact) mass is 185 g/mol. The summed E-state index contributed by atoms with van der Waals surface area (Å²) >= 11 is 0. The van der Waals surface area contributed by atoms with Crippen LogP contribution in [-0.2, 0) is 11.3 Å². The Hall–Kier alpha value is -0.713. The van der Waals surface area contributed by atoms with E-state index in [1.807, 2.05) is 44.2 Å². The Morgan fingerprint density at radius 1 is 1.36 bits per heavy atom. The van der Waals surface area contributed by atoms with Gasteiger partial charge >= 0.3 is 18.9 Å². The summed E-state index contributed by atoms with van der Waals surface area (Å²) in [7, 11) is 0. The van der Waals surface area contributed by atoms with Gasteiger partial charge < -0.3 is 6.74 Å². The van der Waals surface area contributed by atoms with E-state index in [2.05, 4.69) is 5.32 Å². The van der Waals surface area contributed by atoms with Crippen molar-refractivity contribution < 1.29 is 25.1 Å². The standard InChI is InChI=1S/C11H15NO.Li.H/c1-9(2)11(13)12-8-10-6-4-3-5-7-10;;/h3-7,9H,8H2,1-2H3,(H,12,13);;/q;+1;-1. The molecule has 0 spiro atoms. The molecule has 0 fully saturated rings. The molecule has 0 heterocycles. The molecule has 0 aliphatic carbocycles. The first kappa shape index (κ1) is 13.3. The van der Waals surface area contributed by atoms with Crippen LogP contribution in [0.15, 0.2) is 30.3 Å². The number of rotatable bonds is 3. The van der Waals surface area contributed by atoms with Crippen molar-refractivity contribution in [1.29, 1.82) is 0 Å². The smallest absolute Gasteiger partial charge is 1.00 e. The van der Waals surface area contributed by atoms with Crippen LogP contribution in [0.2, 0.25) is 0 Å². The predicted molar refractivity (Wildman–Crippen MR) is 54.2 cm³/mol. The van der Waals surface area contributed by atoms with Gasteiger partial charge in [0.15, 0.2) is 0 Å². The SMILES string of the molecule is CC(C)C(=O)NCc1ccccc1.[H-].[Li+]. The van der Waals surface area contributed by atoms with Crippen LogP contribution in [-0.4, -0.2) is 5.91 Å². The molecule has 1 rings (SSSR count). The Bertz CT molecular complexity index is 277. The molecule has 0 saturated heterocycles. The fraction of sp³-hybridized carbons (Fsp3) is 0.364. The van der Waals surface area contributed by atoms with E-state index in [9.17, 15) is 4.79 Å². The van der Waals surface area contributed by atoms with Crippen molar-refractivity contribution in [3.05, 3.63) is 35.9 Å². The molecule has 0 aliphatic rings. The van der Waals surface area contributed by atoms with Gasteiger partial charge in [0.25, 0.3) is 0 Å². The normalized spacial score (nSPS) is 9.36. The van der Waals surface area contributed by atoms with Crippen LogP contribution >= 0.6 is 0 Å². The van der Waals surface area contributed by atoms with E-state index >= 15 is 0 Å². The molecule has 3 heteroatoms. The van der Waals surface area contributed by atoms with Crippen molar-refractivity contribution in [3.8, 4) is 0 Å². The van der Waals surface area contributed by atoms with Crippen LogP contribution in [0.4, 0.5) is 0 Å². The number of hydrogen-bond donors (Lipinski definition) is 1. The topological polar surface area (TPSA) is 29.1 Å². The summed E-state index contributed by atoms with van der Waals surface area (Å²) in [6, 6.07) is 9.91. The summed E-state index contributed by atoms with van der Waals surface area (Å²) in [6.07, 6.45) is 0. The van der Waals surface area contributed by atoms with Crippen molar-refractivity contribution in [1.82, 2.24) is 5.32 Å². The Labute approximate surface area is 98.7 Å². The van der Waals surface area contributed by atoms with Gasteiger partial charge in [-0.3, -0.25) is 4.79 Å². The number of amides is 1. The van der Waals surface area contributed by atoms with Crippen LogP contribution < -0.4 is 24.2 Å². The molecule has 1 aromatic carbocycles. The Morgan fingerprint density at radius 2 is 1.93 bits per heavy atom. The average molecular weight is 185 g/mol. The van der Waals surface area contributed by atoms with E-state index in [4.69, 9.17) is 0 Å². The molecule has 2 nitrogen and oxygen atoms in total. The summed E-state index contributed by atoms with van der Waals surface area (Å²) in [6.45, 7) is 4.40. The van der Waals surface area contributed by atoms with Crippen molar-refractivity contribution >= 4 is 5.91 Å². The minimum atomic E-state index is 0. The number of carbonyl (C=O) groups excluding carboxylic acids is 1. The van der Waals surface area contributed by atoms with Gasteiger partial charge in [-0.1, -0.05) is 44.2 Å². The second-order valence-electron chi connectivity index (χ2n) is 3.36. The molecule has 0 aliphatic heterocycles. The zero-order valence-corrected chi connectivity index (χ0v) is 9.08. The zero-order valence-electron chi connectivity index (χ0n) is 10.1. The third-order valence-electron chi connectivity index (χ3n) is 1.83. The molecule has 0 radical (unpaired) electrons. The third kappa shape index (κ3) is 4.50. The van der Waals surface area contributed by atoms with Crippen molar-refractivity contribution in [2.45, 2.75) is 20.4 Å². The van der Waals surface area contributed by atoms with Gasteiger partial charge in [0, 0.05) is 12.5 Å². The molecule has 0 bridgehead atoms. The van der Waals surface area contributed by atoms with Crippen LogP contribution in [0.5, 0.6) is 0 Å². The number of hydrogen-bond acceptors (Lipinski definition) is 1. The van der Waals surface area contributed by atoms with E-state index in [0.717, 1.165) is 5.56 Å². The molecule has 0 saturated carbocycles. The van der Waals surface area contributed by atoms with Gasteiger partial charge in [-0.25, -0.2) is 0 Å². The van der Waals surface area contributed by atoms with E-state index in [1.165, 1.54) is 0 Å². The summed E-state index contributed by atoms with van der Waals surface area (Å²) < 4.78 is 0. The molecular formula is C11H16LiNO. The van der Waals surface area contributed by atoms with Gasteiger partial charge in [0.05, 0.1) is 0 Å². The van der Waals surface area contributed by atoms with Crippen LogP contribution in [0.3, 0.4) is 0 Å². The second kappa shape index (κ2) is 6.70. The maximum Gasteiger partial charge on any atom is 1.00 e. The first-order valence-electron chi connectivity index (χ1n) is 4.52. The maximum atomic E-state index is 11.2. The number of nitrogens with one attached hydrogen (secondary N) is 1. The first-order chi connectivity index (χ1) is 6.20. The Kier molecular flexibility index (Phi) is 6.36. The molecule has 1 aromatic rings. The van der Waals surface area contributed by atoms with Gasteiger partial charge in [0.2, 0.25) is 5.91 Å². The third-order valence-corrected chi connectivity index (χ3v) is 1.83. The largest absolute Gasteiger partial charge is 1.00 e. The molecule has 0 atom stereocenters. The molecular weight excluding hydrogens is 169 g/mol. The summed E-state index contributed by atoms with van der Waals surface area (Å²) in [5, 5.41) is 2.86. The quantitative estimate of drug-likeness (QED) is 0.606. The van der Waals surface area contributed by atoms with Crippen LogP contribution in [0, 0.1) is 5.92 Å². The average Bonchev–Trinajstić information content (AvgIpc) is 2.15. The zero-order chi connectivity index (χ0) is 9.68. The Morgan fingerprint density at radius 3 is 2.43 bits per heavy atom. The van der Waals surface area contributed by atoms with Crippen molar-refractivity contribution in [2.24, 2.45) is 5.92 Å².